The molecule has 0 aliphatic heterocycles. The van der Waals surface area contributed by atoms with Crippen LogP contribution >= 0.6 is 0 Å². The molecule has 0 atom stereocenters. The van der Waals surface area contributed by atoms with Gasteiger partial charge in [0.1, 0.15) is 11.6 Å². The summed E-state index contributed by atoms with van der Waals surface area (Å²) < 4.78 is 20.3. The SMILES string of the molecule is NCCO/C(CCc1ccccc1)=C(/Cc1ccccc1-c1cccc(F)c1)c1ccccc1. The van der Waals surface area contributed by atoms with Crippen LogP contribution in [-0.2, 0) is 17.6 Å². The Morgan fingerprint density at radius 2 is 1.47 bits per heavy atom. The second-order valence-electron chi connectivity index (χ2n) is 8.23. The molecule has 0 fully saturated rings. The molecule has 172 valence electrons. The lowest BCUT2D eigenvalue weighted by atomic mass is 9.90. The maximum Gasteiger partial charge on any atom is 0.123 e. The largest absolute Gasteiger partial charge is 0.496 e. The Morgan fingerprint density at radius 1 is 0.765 bits per heavy atom. The number of allylic oxidation sites excluding steroid dienone is 2. The first-order valence-electron chi connectivity index (χ1n) is 11.7. The van der Waals surface area contributed by atoms with E-state index in [9.17, 15) is 4.39 Å². The maximum atomic E-state index is 14.0. The third-order valence-electron chi connectivity index (χ3n) is 5.86. The summed E-state index contributed by atoms with van der Waals surface area (Å²) in [5.74, 6) is 0.718. The van der Waals surface area contributed by atoms with Crippen molar-refractivity contribution in [3.63, 3.8) is 0 Å². The Balaban J connectivity index is 1.76. The highest BCUT2D eigenvalue weighted by Gasteiger charge is 2.15. The molecule has 2 N–H and O–H groups in total. The number of benzene rings is 4. The van der Waals surface area contributed by atoms with Crippen LogP contribution in [0.25, 0.3) is 16.7 Å². The molecule has 3 heteroatoms. The molecule has 0 aromatic heterocycles. The molecule has 4 aromatic rings. The summed E-state index contributed by atoms with van der Waals surface area (Å²) in [6, 6.07) is 35.8. The van der Waals surface area contributed by atoms with Crippen molar-refractivity contribution >= 4 is 5.57 Å². The zero-order valence-electron chi connectivity index (χ0n) is 19.3. The Labute approximate surface area is 201 Å². The molecule has 34 heavy (non-hydrogen) atoms. The molecule has 0 radical (unpaired) electrons. The number of aryl methyl sites for hydroxylation is 1. The van der Waals surface area contributed by atoms with Crippen molar-refractivity contribution in [1.82, 2.24) is 0 Å². The molecule has 4 aromatic carbocycles. The molecule has 4 rings (SSSR count). The van der Waals surface area contributed by atoms with Gasteiger partial charge in [0.2, 0.25) is 0 Å². The smallest absolute Gasteiger partial charge is 0.123 e. The van der Waals surface area contributed by atoms with Crippen LogP contribution in [-0.4, -0.2) is 13.2 Å². The van der Waals surface area contributed by atoms with E-state index >= 15 is 0 Å². The topological polar surface area (TPSA) is 35.2 Å². The van der Waals surface area contributed by atoms with Gasteiger partial charge in [-0.25, -0.2) is 4.39 Å². The van der Waals surface area contributed by atoms with Crippen LogP contribution in [0.4, 0.5) is 4.39 Å². The van der Waals surface area contributed by atoms with Gasteiger partial charge < -0.3 is 10.5 Å². The van der Waals surface area contributed by atoms with Crippen molar-refractivity contribution in [3.8, 4) is 11.1 Å². The van der Waals surface area contributed by atoms with E-state index in [0.717, 1.165) is 46.4 Å². The molecule has 0 aliphatic rings. The van der Waals surface area contributed by atoms with E-state index < -0.39 is 0 Å². The highest BCUT2D eigenvalue weighted by molar-refractivity contribution is 5.75. The zero-order chi connectivity index (χ0) is 23.6. The molecule has 0 spiro atoms. The van der Waals surface area contributed by atoms with E-state index in [1.807, 2.05) is 42.5 Å². The summed E-state index contributed by atoms with van der Waals surface area (Å²) in [7, 11) is 0. The van der Waals surface area contributed by atoms with E-state index in [4.69, 9.17) is 10.5 Å². The molecule has 0 bridgehead atoms. The van der Waals surface area contributed by atoms with Crippen molar-refractivity contribution in [3.05, 3.63) is 137 Å². The highest BCUT2D eigenvalue weighted by atomic mass is 19.1. The van der Waals surface area contributed by atoms with Crippen molar-refractivity contribution in [2.75, 3.05) is 13.2 Å². The van der Waals surface area contributed by atoms with Crippen LogP contribution in [0.1, 0.15) is 23.1 Å². The van der Waals surface area contributed by atoms with Crippen LogP contribution < -0.4 is 5.73 Å². The van der Waals surface area contributed by atoms with Gasteiger partial charge in [-0.2, -0.15) is 0 Å². The molecule has 2 nitrogen and oxygen atoms in total. The van der Waals surface area contributed by atoms with Crippen LogP contribution in [0.15, 0.2) is 115 Å². The first kappa shape index (κ1) is 23.5. The van der Waals surface area contributed by atoms with Gasteiger partial charge in [-0.3, -0.25) is 0 Å². The first-order valence-corrected chi connectivity index (χ1v) is 11.7. The molecule has 0 saturated heterocycles. The first-order chi connectivity index (χ1) is 16.7. The summed E-state index contributed by atoms with van der Waals surface area (Å²) >= 11 is 0. The second kappa shape index (κ2) is 12.0. The van der Waals surface area contributed by atoms with Gasteiger partial charge in [-0.1, -0.05) is 97.1 Å². The van der Waals surface area contributed by atoms with Crippen molar-refractivity contribution in [2.24, 2.45) is 5.73 Å². The monoisotopic (exact) mass is 451 g/mol. The lowest BCUT2D eigenvalue weighted by molar-refractivity contribution is 0.212. The van der Waals surface area contributed by atoms with Gasteiger partial charge in [-0.15, -0.1) is 0 Å². The molecule has 0 saturated carbocycles. The number of halogens is 1. The van der Waals surface area contributed by atoms with Crippen LogP contribution in [0.3, 0.4) is 0 Å². The fourth-order valence-electron chi connectivity index (χ4n) is 4.20. The van der Waals surface area contributed by atoms with Gasteiger partial charge in [0.25, 0.3) is 0 Å². The van der Waals surface area contributed by atoms with Gasteiger partial charge >= 0.3 is 0 Å². The molecule has 0 aliphatic carbocycles. The van der Waals surface area contributed by atoms with Gasteiger partial charge in [0.15, 0.2) is 0 Å². The minimum Gasteiger partial charge on any atom is -0.496 e. The lowest BCUT2D eigenvalue weighted by Crippen LogP contribution is -2.11. The number of hydrogen-bond acceptors (Lipinski definition) is 2. The van der Waals surface area contributed by atoms with Gasteiger partial charge in [0, 0.05) is 25.0 Å². The summed E-state index contributed by atoms with van der Waals surface area (Å²) in [5, 5.41) is 0. The average Bonchev–Trinajstić information content (AvgIpc) is 2.89. The minimum absolute atomic E-state index is 0.235. The molecule has 0 heterocycles. The Morgan fingerprint density at radius 3 is 2.21 bits per heavy atom. The number of nitrogens with two attached hydrogens (primary N) is 1. The third kappa shape index (κ3) is 6.21. The van der Waals surface area contributed by atoms with Gasteiger partial charge in [-0.05, 0) is 46.4 Å². The zero-order valence-corrected chi connectivity index (χ0v) is 19.3. The van der Waals surface area contributed by atoms with Crippen molar-refractivity contribution in [1.29, 1.82) is 0 Å². The molecule has 0 unspecified atom stereocenters. The maximum absolute atomic E-state index is 14.0. The van der Waals surface area contributed by atoms with Gasteiger partial charge in [0.05, 0.1) is 6.61 Å². The lowest BCUT2D eigenvalue weighted by Gasteiger charge is -2.19. The van der Waals surface area contributed by atoms with Crippen LogP contribution in [0.5, 0.6) is 0 Å². The van der Waals surface area contributed by atoms with E-state index in [1.165, 1.54) is 11.6 Å². The Bertz CT molecular complexity index is 1220. The molecular weight excluding hydrogens is 421 g/mol. The standard InChI is InChI=1S/C31H30FNO/c32-28-16-9-15-26(22-28)29-17-8-7-14-27(29)23-30(25-12-5-2-6-13-25)31(34-21-20-33)19-18-24-10-3-1-4-11-24/h1-17,22H,18-21,23,33H2/b31-30-. The quantitative estimate of drug-likeness (QED) is 0.262. The van der Waals surface area contributed by atoms with Crippen molar-refractivity contribution in [2.45, 2.75) is 19.3 Å². The van der Waals surface area contributed by atoms with E-state index in [-0.39, 0.29) is 5.82 Å². The summed E-state index contributed by atoms with van der Waals surface area (Å²) in [6.45, 7) is 0.919. The number of ether oxygens (including phenoxy) is 1. The number of hydrogen-bond donors (Lipinski definition) is 1. The Kier molecular flexibility index (Phi) is 8.26. The molecule has 0 amide bonds. The summed E-state index contributed by atoms with van der Waals surface area (Å²) in [5.41, 5.74) is 12.4. The predicted molar refractivity (Wildman–Crippen MR) is 139 cm³/mol. The predicted octanol–water partition coefficient (Wildman–Crippen LogP) is 7.05. The van der Waals surface area contributed by atoms with E-state index in [2.05, 4.69) is 48.5 Å². The fraction of sp³-hybridized carbons (Fsp3) is 0.161. The van der Waals surface area contributed by atoms with Crippen LogP contribution in [0, 0.1) is 5.82 Å². The Hall–Kier alpha value is -3.69. The second-order valence-corrected chi connectivity index (χ2v) is 8.23. The third-order valence-corrected chi connectivity index (χ3v) is 5.86. The number of rotatable bonds is 10. The minimum atomic E-state index is -0.235. The normalized spacial score (nSPS) is 11.7. The highest BCUT2D eigenvalue weighted by Crippen LogP contribution is 2.32. The summed E-state index contributed by atoms with van der Waals surface area (Å²) in [4.78, 5) is 0. The van der Waals surface area contributed by atoms with Crippen molar-refractivity contribution < 1.29 is 9.13 Å². The van der Waals surface area contributed by atoms with E-state index in [0.29, 0.717) is 19.6 Å². The van der Waals surface area contributed by atoms with E-state index in [1.54, 1.807) is 12.1 Å². The molecular formula is C31H30FNO. The average molecular weight is 452 g/mol. The fourth-order valence-corrected chi connectivity index (χ4v) is 4.20. The van der Waals surface area contributed by atoms with Crippen LogP contribution in [0.2, 0.25) is 0 Å². The summed E-state index contributed by atoms with van der Waals surface area (Å²) in [6.07, 6.45) is 2.32.